The summed E-state index contributed by atoms with van der Waals surface area (Å²) in [7, 11) is 2.08. The van der Waals surface area contributed by atoms with Gasteiger partial charge in [0.15, 0.2) is 0 Å². The van der Waals surface area contributed by atoms with Crippen LogP contribution in [0.15, 0.2) is 12.1 Å². The maximum atomic E-state index is 11.0. The Hall–Kier alpha value is -1.26. The van der Waals surface area contributed by atoms with E-state index in [0.29, 0.717) is 13.0 Å². The molecule has 1 aromatic carbocycles. The summed E-state index contributed by atoms with van der Waals surface area (Å²) in [6.07, 6.45) is 3.72. The Morgan fingerprint density at radius 1 is 1.42 bits per heavy atom. The van der Waals surface area contributed by atoms with Crippen LogP contribution in [0.5, 0.6) is 5.75 Å². The second kappa shape index (κ2) is 4.69. The highest BCUT2D eigenvalue weighted by molar-refractivity contribution is 5.67. The highest BCUT2D eigenvalue weighted by atomic mass is 16.5. The molecule has 104 valence electrons. The normalized spacial score (nSPS) is 26.2. The maximum absolute atomic E-state index is 11.0. The molecule has 0 radical (unpaired) electrons. The van der Waals surface area contributed by atoms with Gasteiger partial charge in [-0.25, -0.2) is 0 Å². The minimum atomic E-state index is -0.956. The number of aliphatic hydroxyl groups is 1. The van der Waals surface area contributed by atoms with Gasteiger partial charge in [-0.1, -0.05) is 6.07 Å². The van der Waals surface area contributed by atoms with Crippen molar-refractivity contribution >= 4 is 5.69 Å². The van der Waals surface area contributed by atoms with Gasteiger partial charge < -0.3 is 20.5 Å². The lowest BCUT2D eigenvalue weighted by atomic mass is 9.84. The molecule has 3 rings (SSSR count). The Labute approximate surface area is 114 Å². The third kappa shape index (κ3) is 1.99. The van der Waals surface area contributed by atoms with Gasteiger partial charge in [0.2, 0.25) is 0 Å². The Balaban J connectivity index is 2.23. The minimum absolute atomic E-state index is 0.244. The predicted molar refractivity (Wildman–Crippen MR) is 75.7 cm³/mol. The fourth-order valence-corrected chi connectivity index (χ4v) is 3.32. The Morgan fingerprint density at radius 2 is 2.26 bits per heavy atom. The molecule has 2 aliphatic heterocycles. The van der Waals surface area contributed by atoms with E-state index in [2.05, 4.69) is 18.0 Å². The SMILES string of the molecule is CN1CCCc2ccc3c(c21)C(O)(CN)CCCO3. The van der Waals surface area contributed by atoms with Crippen molar-refractivity contribution < 1.29 is 9.84 Å². The monoisotopic (exact) mass is 262 g/mol. The number of anilines is 1. The molecule has 1 unspecified atom stereocenters. The number of aryl methyl sites for hydroxylation is 1. The summed E-state index contributed by atoms with van der Waals surface area (Å²) in [5.74, 6) is 0.804. The van der Waals surface area contributed by atoms with Crippen molar-refractivity contribution in [3.05, 3.63) is 23.3 Å². The van der Waals surface area contributed by atoms with Crippen molar-refractivity contribution in [2.75, 3.05) is 31.6 Å². The molecule has 2 heterocycles. The quantitative estimate of drug-likeness (QED) is 0.803. The van der Waals surface area contributed by atoms with Crippen molar-refractivity contribution in [2.45, 2.75) is 31.3 Å². The van der Waals surface area contributed by atoms with E-state index >= 15 is 0 Å². The molecule has 1 atom stereocenters. The summed E-state index contributed by atoms with van der Waals surface area (Å²) in [4.78, 5) is 2.23. The van der Waals surface area contributed by atoms with Crippen LogP contribution >= 0.6 is 0 Å². The molecular weight excluding hydrogens is 240 g/mol. The first-order valence-electron chi connectivity index (χ1n) is 7.08. The lowest BCUT2D eigenvalue weighted by Crippen LogP contribution is -2.37. The van der Waals surface area contributed by atoms with Crippen molar-refractivity contribution in [2.24, 2.45) is 5.73 Å². The fraction of sp³-hybridized carbons (Fsp3) is 0.600. The third-order valence-corrected chi connectivity index (χ3v) is 4.34. The molecule has 2 aliphatic rings. The zero-order chi connectivity index (χ0) is 13.5. The average molecular weight is 262 g/mol. The van der Waals surface area contributed by atoms with Gasteiger partial charge in [-0.05, 0) is 37.3 Å². The number of hydrogen-bond acceptors (Lipinski definition) is 4. The van der Waals surface area contributed by atoms with Crippen LogP contribution in [0.3, 0.4) is 0 Å². The van der Waals surface area contributed by atoms with Crippen LogP contribution < -0.4 is 15.4 Å². The van der Waals surface area contributed by atoms with Crippen LogP contribution in [0.4, 0.5) is 5.69 Å². The lowest BCUT2D eigenvalue weighted by Gasteiger charge is -2.36. The van der Waals surface area contributed by atoms with Gasteiger partial charge in [0.05, 0.1) is 12.2 Å². The molecule has 0 aromatic heterocycles. The summed E-state index contributed by atoms with van der Waals surface area (Å²) in [5, 5.41) is 11.0. The average Bonchev–Trinajstić information content (AvgIpc) is 2.59. The molecule has 4 heteroatoms. The fourth-order valence-electron chi connectivity index (χ4n) is 3.32. The summed E-state index contributed by atoms with van der Waals surface area (Å²) in [5.41, 5.74) is 8.26. The molecule has 3 N–H and O–H groups in total. The molecule has 0 bridgehead atoms. The van der Waals surface area contributed by atoms with Gasteiger partial charge in [-0.3, -0.25) is 0 Å². The van der Waals surface area contributed by atoms with Crippen LogP contribution in [-0.2, 0) is 12.0 Å². The van der Waals surface area contributed by atoms with Gasteiger partial charge >= 0.3 is 0 Å². The number of nitrogens with zero attached hydrogens (tertiary/aromatic N) is 1. The Morgan fingerprint density at radius 3 is 3.05 bits per heavy atom. The van der Waals surface area contributed by atoms with E-state index in [1.165, 1.54) is 5.56 Å². The van der Waals surface area contributed by atoms with Gasteiger partial charge in [0, 0.05) is 25.8 Å². The van der Waals surface area contributed by atoms with Crippen LogP contribution in [0, 0.1) is 0 Å². The molecule has 19 heavy (non-hydrogen) atoms. The predicted octanol–water partition coefficient (Wildman–Crippen LogP) is 1.39. The van der Waals surface area contributed by atoms with E-state index in [0.717, 1.165) is 42.8 Å². The first-order chi connectivity index (χ1) is 9.15. The van der Waals surface area contributed by atoms with Crippen molar-refractivity contribution in [1.82, 2.24) is 0 Å². The van der Waals surface area contributed by atoms with Crippen LogP contribution in [0.1, 0.15) is 30.4 Å². The van der Waals surface area contributed by atoms with E-state index in [-0.39, 0.29) is 6.54 Å². The number of rotatable bonds is 1. The first-order valence-corrected chi connectivity index (χ1v) is 7.08. The summed E-state index contributed by atoms with van der Waals surface area (Å²) < 4.78 is 5.82. The van der Waals surface area contributed by atoms with Gasteiger partial charge in [0.25, 0.3) is 0 Å². The molecule has 0 spiro atoms. The molecule has 0 aliphatic carbocycles. The van der Waals surface area contributed by atoms with Gasteiger partial charge in [-0.2, -0.15) is 0 Å². The zero-order valence-corrected chi connectivity index (χ0v) is 11.5. The summed E-state index contributed by atoms with van der Waals surface area (Å²) >= 11 is 0. The summed E-state index contributed by atoms with van der Waals surface area (Å²) in [6, 6.07) is 4.13. The van der Waals surface area contributed by atoms with Crippen molar-refractivity contribution in [1.29, 1.82) is 0 Å². The number of nitrogens with two attached hydrogens (primary N) is 1. The second-order valence-corrected chi connectivity index (χ2v) is 5.66. The molecular formula is C15H22N2O2. The number of fused-ring (bicyclic) bond motifs is 3. The maximum Gasteiger partial charge on any atom is 0.127 e. The molecule has 0 saturated heterocycles. The smallest absolute Gasteiger partial charge is 0.127 e. The third-order valence-electron chi connectivity index (χ3n) is 4.34. The Kier molecular flexibility index (Phi) is 3.15. The topological polar surface area (TPSA) is 58.7 Å². The highest BCUT2D eigenvalue weighted by Crippen LogP contribution is 2.45. The molecule has 4 nitrogen and oxygen atoms in total. The van der Waals surface area contributed by atoms with Crippen LogP contribution in [0.25, 0.3) is 0 Å². The highest BCUT2D eigenvalue weighted by Gasteiger charge is 2.37. The van der Waals surface area contributed by atoms with E-state index in [4.69, 9.17) is 10.5 Å². The number of hydrogen-bond donors (Lipinski definition) is 2. The molecule has 0 amide bonds. The molecule has 1 aromatic rings. The first kappa shape index (κ1) is 12.8. The van der Waals surface area contributed by atoms with E-state index in [1.54, 1.807) is 0 Å². The van der Waals surface area contributed by atoms with Gasteiger partial charge in [0.1, 0.15) is 11.4 Å². The number of benzene rings is 1. The standard InChI is InChI=1S/C15H22N2O2/c1-17-8-2-4-11-5-6-12-13(14(11)17)15(18,10-16)7-3-9-19-12/h5-6,18H,2-4,7-10,16H2,1H3. The van der Waals surface area contributed by atoms with Crippen LogP contribution in [0.2, 0.25) is 0 Å². The van der Waals surface area contributed by atoms with E-state index < -0.39 is 5.60 Å². The number of ether oxygens (including phenoxy) is 1. The zero-order valence-electron chi connectivity index (χ0n) is 11.5. The molecule has 0 fully saturated rings. The summed E-state index contributed by atoms with van der Waals surface area (Å²) in [6.45, 7) is 1.91. The minimum Gasteiger partial charge on any atom is -0.493 e. The Bertz CT molecular complexity index is 489. The van der Waals surface area contributed by atoms with Crippen molar-refractivity contribution in [3.63, 3.8) is 0 Å². The van der Waals surface area contributed by atoms with Gasteiger partial charge in [-0.15, -0.1) is 0 Å². The largest absolute Gasteiger partial charge is 0.493 e. The van der Waals surface area contributed by atoms with E-state index in [9.17, 15) is 5.11 Å². The lowest BCUT2D eigenvalue weighted by molar-refractivity contribution is 0.0377. The van der Waals surface area contributed by atoms with E-state index in [1.807, 2.05) is 6.07 Å². The van der Waals surface area contributed by atoms with Crippen molar-refractivity contribution in [3.8, 4) is 5.75 Å². The van der Waals surface area contributed by atoms with Crippen LogP contribution in [-0.4, -0.2) is 31.9 Å². The second-order valence-electron chi connectivity index (χ2n) is 5.66. The molecule has 0 saturated carbocycles.